The first-order valence-electron chi connectivity index (χ1n) is 3.58. The number of hydrogen-bond donors (Lipinski definition) is 3. The molecule has 1 atom stereocenters. The van der Waals surface area contributed by atoms with E-state index in [4.69, 9.17) is 23.1 Å². The van der Waals surface area contributed by atoms with Crippen molar-refractivity contribution in [2.75, 3.05) is 12.3 Å². The summed E-state index contributed by atoms with van der Waals surface area (Å²) in [6.45, 7) is 0.143. The third-order valence-corrected chi connectivity index (χ3v) is 1.87. The number of nitrogen functional groups attached to an aromatic ring is 1. The number of hydrogen-bond acceptors (Lipinski definition) is 3. The normalized spacial score (nSPS) is 12.9. The highest BCUT2D eigenvalue weighted by molar-refractivity contribution is 6.30. The minimum absolute atomic E-state index is 0.143. The first kappa shape index (κ1) is 9.32. The number of halogens is 1. The lowest BCUT2D eigenvalue weighted by Gasteiger charge is -2.10. The standard InChI is InChI=1S/C8H11ClN2O/c9-5-1-2-7(11)6(3-5)8(12)4-10/h1-3,8,12H,4,10-11H2. The lowest BCUT2D eigenvalue weighted by atomic mass is 10.1. The minimum Gasteiger partial charge on any atom is -0.398 e. The molecule has 0 bridgehead atoms. The fourth-order valence-electron chi connectivity index (χ4n) is 0.961. The number of rotatable bonds is 2. The number of nitrogens with two attached hydrogens (primary N) is 2. The Balaban J connectivity index is 3.04. The van der Waals surface area contributed by atoms with E-state index in [0.717, 1.165) is 0 Å². The van der Waals surface area contributed by atoms with Gasteiger partial charge in [-0.25, -0.2) is 0 Å². The average molecular weight is 187 g/mol. The molecule has 3 nitrogen and oxygen atoms in total. The molecule has 0 aliphatic heterocycles. The SMILES string of the molecule is NCC(O)c1cc(Cl)ccc1N. The van der Waals surface area contributed by atoms with Crippen LogP contribution in [0.3, 0.4) is 0 Å². The topological polar surface area (TPSA) is 72.3 Å². The molecule has 66 valence electrons. The Morgan fingerprint density at radius 3 is 2.75 bits per heavy atom. The van der Waals surface area contributed by atoms with Crippen LogP contribution in [-0.4, -0.2) is 11.7 Å². The van der Waals surface area contributed by atoms with E-state index in [1.54, 1.807) is 18.2 Å². The summed E-state index contributed by atoms with van der Waals surface area (Å²) in [5.41, 5.74) is 12.0. The van der Waals surface area contributed by atoms with Gasteiger partial charge in [0.15, 0.2) is 0 Å². The fraction of sp³-hybridized carbons (Fsp3) is 0.250. The van der Waals surface area contributed by atoms with Crippen LogP contribution in [0.15, 0.2) is 18.2 Å². The van der Waals surface area contributed by atoms with E-state index < -0.39 is 6.10 Å². The number of benzene rings is 1. The number of anilines is 1. The molecule has 0 heterocycles. The molecule has 1 aromatic carbocycles. The van der Waals surface area contributed by atoms with Crippen LogP contribution in [0.5, 0.6) is 0 Å². The molecular formula is C8H11ClN2O. The van der Waals surface area contributed by atoms with Crippen molar-refractivity contribution in [3.63, 3.8) is 0 Å². The van der Waals surface area contributed by atoms with Crippen molar-refractivity contribution < 1.29 is 5.11 Å². The summed E-state index contributed by atoms with van der Waals surface area (Å²) in [6, 6.07) is 4.94. The van der Waals surface area contributed by atoms with Crippen LogP contribution >= 0.6 is 11.6 Å². The van der Waals surface area contributed by atoms with E-state index in [2.05, 4.69) is 0 Å². The molecule has 0 aliphatic carbocycles. The third kappa shape index (κ3) is 1.88. The predicted molar refractivity (Wildman–Crippen MR) is 49.9 cm³/mol. The van der Waals surface area contributed by atoms with E-state index in [1.807, 2.05) is 0 Å². The maximum absolute atomic E-state index is 9.37. The second kappa shape index (κ2) is 3.76. The highest BCUT2D eigenvalue weighted by Gasteiger charge is 2.08. The van der Waals surface area contributed by atoms with Crippen molar-refractivity contribution in [1.82, 2.24) is 0 Å². The molecule has 1 aromatic rings. The molecule has 0 spiro atoms. The first-order valence-corrected chi connectivity index (χ1v) is 3.96. The van der Waals surface area contributed by atoms with Gasteiger partial charge in [-0.1, -0.05) is 11.6 Å². The van der Waals surface area contributed by atoms with E-state index >= 15 is 0 Å². The van der Waals surface area contributed by atoms with Gasteiger partial charge in [0.05, 0.1) is 6.10 Å². The van der Waals surface area contributed by atoms with Crippen molar-refractivity contribution in [2.45, 2.75) is 6.10 Å². The molecule has 1 unspecified atom stereocenters. The monoisotopic (exact) mass is 186 g/mol. The Labute approximate surface area is 75.9 Å². The minimum atomic E-state index is -0.733. The van der Waals surface area contributed by atoms with Crippen LogP contribution in [0.4, 0.5) is 5.69 Å². The van der Waals surface area contributed by atoms with Crippen molar-refractivity contribution in [3.05, 3.63) is 28.8 Å². The highest BCUT2D eigenvalue weighted by Crippen LogP contribution is 2.23. The summed E-state index contributed by atoms with van der Waals surface area (Å²) in [5, 5.41) is 9.92. The largest absolute Gasteiger partial charge is 0.398 e. The zero-order valence-corrected chi connectivity index (χ0v) is 7.25. The zero-order valence-electron chi connectivity index (χ0n) is 6.50. The molecule has 0 aliphatic rings. The Hall–Kier alpha value is -0.770. The van der Waals surface area contributed by atoms with Crippen LogP contribution in [-0.2, 0) is 0 Å². The van der Waals surface area contributed by atoms with Gasteiger partial charge in [-0.3, -0.25) is 0 Å². The summed E-state index contributed by atoms with van der Waals surface area (Å²) in [5.74, 6) is 0. The summed E-state index contributed by atoms with van der Waals surface area (Å²) in [6.07, 6.45) is -0.733. The van der Waals surface area contributed by atoms with Gasteiger partial charge in [-0.15, -0.1) is 0 Å². The van der Waals surface area contributed by atoms with Gasteiger partial charge in [0, 0.05) is 22.8 Å². The molecule has 0 fully saturated rings. The maximum Gasteiger partial charge on any atom is 0.0932 e. The van der Waals surface area contributed by atoms with Gasteiger partial charge in [-0.2, -0.15) is 0 Å². The molecule has 0 saturated heterocycles. The molecule has 0 amide bonds. The number of aliphatic hydroxyl groups is 1. The molecule has 5 N–H and O–H groups in total. The lowest BCUT2D eigenvalue weighted by molar-refractivity contribution is 0.187. The quantitative estimate of drug-likeness (QED) is 0.602. The van der Waals surface area contributed by atoms with Crippen LogP contribution in [0.2, 0.25) is 5.02 Å². The van der Waals surface area contributed by atoms with Gasteiger partial charge >= 0.3 is 0 Å². The fourth-order valence-corrected chi connectivity index (χ4v) is 1.14. The van der Waals surface area contributed by atoms with Crippen molar-refractivity contribution in [1.29, 1.82) is 0 Å². The first-order chi connectivity index (χ1) is 5.65. The lowest BCUT2D eigenvalue weighted by Crippen LogP contribution is -2.13. The van der Waals surface area contributed by atoms with E-state index in [-0.39, 0.29) is 6.54 Å². The molecule has 12 heavy (non-hydrogen) atoms. The summed E-state index contributed by atoms with van der Waals surface area (Å²) in [7, 11) is 0. The molecular weight excluding hydrogens is 176 g/mol. The van der Waals surface area contributed by atoms with Crippen molar-refractivity contribution in [3.8, 4) is 0 Å². The van der Waals surface area contributed by atoms with Gasteiger partial charge in [0.1, 0.15) is 0 Å². The van der Waals surface area contributed by atoms with Crippen LogP contribution < -0.4 is 11.5 Å². The highest BCUT2D eigenvalue weighted by atomic mass is 35.5. The van der Waals surface area contributed by atoms with Crippen LogP contribution in [0.25, 0.3) is 0 Å². The molecule has 4 heteroatoms. The van der Waals surface area contributed by atoms with Crippen molar-refractivity contribution in [2.24, 2.45) is 5.73 Å². The van der Waals surface area contributed by atoms with Gasteiger partial charge in [0.25, 0.3) is 0 Å². The van der Waals surface area contributed by atoms with Crippen LogP contribution in [0.1, 0.15) is 11.7 Å². The van der Waals surface area contributed by atoms with E-state index in [0.29, 0.717) is 16.3 Å². The Morgan fingerprint density at radius 1 is 1.50 bits per heavy atom. The third-order valence-electron chi connectivity index (χ3n) is 1.63. The van der Waals surface area contributed by atoms with Crippen LogP contribution in [0, 0.1) is 0 Å². The van der Waals surface area contributed by atoms with Crippen molar-refractivity contribution >= 4 is 17.3 Å². The summed E-state index contributed by atoms with van der Waals surface area (Å²) in [4.78, 5) is 0. The molecule has 0 aromatic heterocycles. The summed E-state index contributed by atoms with van der Waals surface area (Å²) >= 11 is 5.71. The summed E-state index contributed by atoms with van der Waals surface area (Å²) < 4.78 is 0. The number of aliphatic hydroxyl groups excluding tert-OH is 1. The average Bonchev–Trinajstić information content (AvgIpc) is 2.08. The van der Waals surface area contributed by atoms with E-state index in [1.165, 1.54) is 0 Å². The van der Waals surface area contributed by atoms with Gasteiger partial charge < -0.3 is 16.6 Å². The maximum atomic E-state index is 9.37. The zero-order chi connectivity index (χ0) is 9.14. The van der Waals surface area contributed by atoms with E-state index in [9.17, 15) is 5.11 Å². The Bertz CT molecular complexity index is 278. The van der Waals surface area contributed by atoms with Gasteiger partial charge in [-0.05, 0) is 18.2 Å². The smallest absolute Gasteiger partial charge is 0.0932 e. The predicted octanol–water partition coefficient (Wildman–Crippen LogP) is 0.914. The Morgan fingerprint density at radius 2 is 2.17 bits per heavy atom. The molecule has 0 radical (unpaired) electrons. The Kier molecular flexibility index (Phi) is 2.92. The molecule has 0 saturated carbocycles. The second-order valence-electron chi connectivity index (χ2n) is 2.52. The van der Waals surface area contributed by atoms with Gasteiger partial charge in [0.2, 0.25) is 0 Å². The second-order valence-corrected chi connectivity index (χ2v) is 2.96. The molecule has 1 rings (SSSR count).